The maximum absolute atomic E-state index is 10.6. The van der Waals surface area contributed by atoms with Gasteiger partial charge >= 0.3 is 0 Å². The van der Waals surface area contributed by atoms with Crippen molar-refractivity contribution < 1.29 is 10.0 Å². The molecule has 19 heavy (non-hydrogen) atoms. The third-order valence-electron chi connectivity index (χ3n) is 2.26. The second-order valence-electron chi connectivity index (χ2n) is 3.46. The number of rotatable bonds is 4. The Morgan fingerprint density at radius 3 is 2.84 bits per heavy atom. The van der Waals surface area contributed by atoms with Crippen molar-refractivity contribution >= 4 is 29.1 Å². The zero-order valence-corrected chi connectivity index (χ0v) is 11.2. The van der Waals surface area contributed by atoms with Crippen LogP contribution in [0.1, 0.15) is 5.82 Å². The van der Waals surface area contributed by atoms with Gasteiger partial charge in [0.25, 0.3) is 5.69 Å². The molecule has 8 nitrogen and oxygen atoms in total. The summed E-state index contributed by atoms with van der Waals surface area (Å²) in [6.45, 7) is -0.231. The molecule has 0 saturated heterocycles. The number of aromatic nitrogens is 4. The molecule has 0 aliphatic carbocycles. The molecule has 0 unspecified atom stereocenters. The van der Waals surface area contributed by atoms with E-state index in [1.807, 2.05) is 0 Å². The van der Waals surface area contributed by atoms with Crippen LogP contribution < -0.4 is 0 Å². The van der Waals surface area contributed by atoms with Gasteiger partial charge in [0.1, 0.15) is 17.8 Å². The molecule has 2 heterocycles. The van der Waals surface area contributed by atoms with E-state index in [4.69, 9.17) is 16.7 Å². The number of hydrogen-bond donors (Lipinski definition) is 1. The Morgan fingerprint density at radius 2 is 2.32 bits per heavy atom. The van der Waals surface area contributed by atoms with Crippen LogP contribution >= 0.6 is 23.4 Å². The second kappa shape index (κ2) is 5.51. The number of aliphatic hydroxyl groups excluding tert-OH is 1. The van der Waals surface area contributed by atoms with Crippen molar-refractivity contribution in [3.63, 3.8) is 0 Å². The van der Waals surface area contributed by atoms with Gasteiger partial charge in [-0.25, -0.2) is 4.98 Å². The maximum atomic E-state index is 10.6. The van der Waals surface area contributed by atoms with Gasteiger partial charge in [-0.15, -0.1) is 10.2 Å². The van der Waals surface area contributed by atoms with Gasteiger partial charge in [0.05, 0.1) is 9.95 Å². The highest BCUT2D eigenvalue weighted by molar-refractivity contribution is 7.99. The van der Waals surface area contributed by atoms with E-state index < -0.39 is 4.92 Å². The third kappa shape index (κ3) is 2.83. The van der Waals surface area contributed by atoms with Crippen LogP contribution in [0.4, 0.5) is 5.69 Å². The van der Waals surface area contributed by atoms with Crippen LogP contribution in [0.25, 0.3) is 0 Å². The molecule has 0 aliphatic rings. The van der Waals surface area contributed by atoms with E-state index in [1.54, 1.807) is 11.6 Å². The van der Waals surface area contributed by atoms with Gasteiger partial charge in [0.15, 0.2) is 11.0 Å². The number of aliphatic hydroxyl groups is 1. The molecular weight excluding hydrogens is 294 g/mol. The molecule has 0 spiro atoms. The molecule has 2 aromatic heterocycles. The molecule has 2 rings (SSSR count). The molecule has 0 atom stereocenters. The normalized spacial score (nSPS) is 10.7. The first-order chi connectivity index (χ1) is 9.02. The van der Waals surface area contributed by atoms with E-state index in [0.717, 1.165) is 18.0 Å². The minimum atomic E-state index is -0.570. The van der Waals surface area contributed by atoms with Crippen LogP contribution in [0.3, 0.4) is 0 Å². The summed E-state index contributed by atoms with van der Waals surface area (Å²) in [5, 5.41) is 28.2. The Bertz CT molecular complexity index is 632. The minimum absolute atomic E-state index is 0.160. The van der Waals surface area contributed by atoms with Crippen molar-refractivity contribution in [2.24, 2.45) is 7.05 Å². The van der Waals surface area contributed by atoms with Gasteiger partial charge in [-0.3, -0.25) is 10.1 Å². The highest BCUT2D eigenvalue weighted by Crippen LogP contribution is 2.32. The summed E-state index contributed by atoms with van der Waals surface area (Å²) < 4.78 is 1.59. The van der Waals surface area contributed by atoms with E-state index in [1.165, 1.54) is 6.07 Å². The number of pyridine rings is 1. The van der Waals surface area contributed by atoms with Gasteiger partial charge in [-0.05, 0) is 11.8 Å². The van der Waals surface area contributed by atoms with Gasteiger partial charge in [0, 0.05) is 13.1 Å². The summed E-state index contributed by atoms with van der Waals surface area (Å²) in [7, 11) is 1.69. The molecule has 100 valence electrons. The lowest BCUT2D eigenvalue weighted by Crippen LogP contribution is -1.98. The van der Waals surface area contributed by atoms with E-state index >= 15 is 0 Å². The van der Waals surface area contributed by atoms with Crippen LogP contribution in [0.5, 0.6) is 0 Å². The Labute approximate surface area is 116 Å². The summed E-state index contributed by atoms with van der Waals surface area (Å²) in [5.41, 5.74) is -0.177. The summed E-state index contributed by atoms with van der Waals surface area (Å²) in [4.78, 5) is 13.9. The molecule has 0 saturated carbocycles. The van der Waals surface area contributed by atoms with Crippen LogP contribution in [0.2, 0.25) is 5.02 Å². The monoisotopic (exact) mass is 301 g/mol. The molecule has 0 aromatic carbocycles. The van der Waals surface area contributed by atoms with Crippen LogP contribution in [-0.4, -0.2) is 29.8 Å². The van der Waals surface area contributed by atoms with Gasteiger partial charge in [0.2, 0.25) is 0 Å². The molecule has 0 aliphatic heterocycles. The standard InChI is InChI=1S/C9H8ClN5O3S/c1-14-7(4-16)12-13-9(14)19-8-6(10)2-5(3-11-8)15(17)18/h2-3,16H,4H2,1H3. The van der Waals surface area contributed by atoms with Gasteiger partial charge < -0.3 is 9.67 Å². The average Bonchev–Trinajstić information content (AvgIpc) is 2.72. The second-order valence-corrected chi connectivity index (χ2v) is 4.82. The molecule has 0 fully saturated rings. The number of nitrogens with zero attached hydrogens (tertiary/aromatic N) is 5. The predicted molar refractivity (Wildman–Crippen MR) is 67.0 cm³/mol. The van der Waals surface area contributed by atoms with E-state index in [-0.39, 0.29) is 17.3 Å². The topological polar surface area (TPSA) is 107 Å². The van der Waals surface area contributed by atoms with Crippen molar-refractivity contribution in [3.8, 4) is 0 Å². The van der Waals surface area contributed by atoms with Crippen molar-refractivity contribution in [1.29, 1.82) is 0 Å². The molecule has 0 radical (unpaired) electrons. The average molecular weight is 302 g/mol. The van der Waals surface area contributed by atoms with Gasteiger partial charge in [-0.1, -0.05) is 11.6 Å². The summed E-state index contributed by atoms with van der Waals surface area (Å²) in [5.74, 6) is 0.403. The molecule has 10 heteroatoms. The molecule has 0 amide bonds. The Balaban J connectivity index is 2.28. The molecule has 0 bridgehead atoms. The lowest BCUT2D eigenvalue weighted by Gasteiger charge is -2.03. The summed E-state index contributed by atoms with van der Waals surface area (Å²) in [6.07, 6.45) is 1.12. The highest BCUT2D eigenvalue weighted by atomic mass is 35.5. The van der Waals surface area contributed by atoms with E-state index in [2.05, 4.69) is 15.2 Å². The highest BCUT2D eigenvalue weighted by Gasteiger charge is 2.15. The number of halogens is 1. The largest absolute Gasteiger partial charge is 0.388 e. The van der Waals surface area contributed by atoms with Gasteiger partial charge in [-0.2, -0.15) is 0 Å². The summed E-state index contributed by atoms with van der Waals surface area (Å²) in [6, 6.07) is 1.22. The zero-order valence-electron chi connectivity index (χ0n) is 9.65. The van der Waals surface area contributed by atoms with Crippen LogP contribution in [-0.2, 0) is 13.7 Å². The van der Waals surface area contributed by atoms with E-state index in [0.29, 0.717) is 16.0 Å². The first-order valence-corrected chi connectivity index (χ1v) is 6.19. The van der Waals surface area contributed by atoms with Crippen LogP contribution in [0.15, 0.2) is 22.4 Å². The zero-order chi connectivity index (χ0) is 14.0. The Morgan fingerprint density at radius 1 is 1.58 bits per heavy atom. The Hall–Kier alpha value is -1.71. The van der Waals surface area contributed by atoms with Crippen molar-refractivity contribution in [1.82, 2.24) is 19.7 Å². The first-order valence-electron chi connectivity index (χ1n) is 5.00. The molecule has 1 N–H and O–H groups in total. The van der Waals surface area contributed by atoms with E-state index in [9.17, 15) is 10.1 Å². The van der Waals surface area contributed by atoms with Crippen LogP contribution in [0, 0.1) is 10.1 Å². The Kier molecular flexibility index (Phi) is 3.98. The predicted octanol–water partition coefficient (Wildman–Crippen LogP) is 1.42. The SMILES string of the molecule is Cn1c(CO)nnc1Sc1ncc([N+](=O)[O-])cc1Cl. The smallest absolute Gasteiger partial charge is 0.289 e. The lowest BCUT2D eigenvalue weighted by molar-refractivity contribution is -0.385. The molecule has 2 aromatic rings. The summed E-state index contributed by atoms with van der Waals surface area (Å²) >= 11 is 7.03. The fraction of sp³-hybridized carbons (Fsp3) is 0.222. The minimum Gasteiger partial charge on any atom is -0.388 e. The number of nitro groups is 1. The molecular formula is C9H8ClN5O3S. The third-order valence-corrected chi connectivity index (χ3v) is 3.72. The van der Waals surface area contributed by atoms with Crippen molar-refractivity contribution in [2.75, 3.05) is 0 Å². The lowest BCUT2D eigenvalue weighted by atomic mass is 10.4. The maximum Gasteiger partial charge on any atom is 0.289 e. The quantitative estimate of drug-likeness (QED) is 0.672. The number of hydrogen-bond acceptors (Lipinski definition) is 7. The van der Waals surface area contributed by atoms with Crippen molar-refractivity contribution in [2.45, 2.75) is 16.8 Å². The van der Waals surface area contributed by atoms with Crippen molar-refractivity contribution in [3.05, 3.63) is 33.2 Å². The first kappa shape index (κ1) is 13.7. The fourth-order valence-corrected chi connectivity index (χ4v) is 2.28. The fourth-order valence-electron chi connectivity index (χ4n) is 1.25.